The number of rotatable bonds is 4. The number of amides is 1. The topological polar surface area (TPSA) is 68.7 Å². The van der Waals surface area contributed by atoms with Crippen LogP contribution >= 0.6 is 11.6 Å². The van der Waals surface area contributed by atoms with Gasteiger partial charge in [0.1, 0.15) is 5.15 Å². The fourth-order valence-corrected chi connectivity index (χ4v) is 3.86. The second kappa shape index (κ2) is 7.37. The Morgan fingerprint density at radius 1 is 1.50 bits per heavy atom. The van der Waals surface area contributed by atoms with Crippen molar-refractivity contribution < 1.29 is 19.1 Å². The van der Waals surface area contributed by atoms with Gasteiger partial charge in [-0.25, -0.2) is 9.78 Å². The number of methoxy groups -OCH3 is 1. The lowest BCUT2D eigenvalue weighted by atomic mass is 9.84. The van der Waals surface area contributed by atoms with Crippen LogP contribution in [-0.2, 0) is 19.1 Å². The van der Waals surface area contributed by atoms with Crippen molar-refractivity contribution in [1.82, 2.24) is 9.88 Å². The highest BCUT2D eigenvalue weighted by atomic mass is 35.5. The van der Waals surface area contributed by atoms with Crippen molar-refractivity contribution in [2.24, 2.45) is 0 Å². The minimum absolute atomic E-state index is 0.0353. The molecule has 0 aliphatic carbocycles. The molecule has 0 spiro atoms. The van der Waals surface area contributed by atoms with E-state index in [1.54, 1.807) is 30.2 Å². The number of hydrogen-bond acceptors (Lipinski definition) is 5. The van der Waals surface area contributed by atoms with Crippen LogP contribution in [-0.4, -0.2) is 47.6 Å². The summed E-state index contributed by atoms with van der Waals surface area (Å²) >= 11 is 5.86. The molecule has 1 amide bonds. The van der Waals surface area contributed by atoms with Crippen LogP contribution < -0.4 is 0 Å². The van der Waals surface area contributed by atoms with E-state index >= 15 is 0 Å². The monoisotopic (exact) mass is 378 g/mol. The van der Waals surface area contributed by atoms with E-state index in [9.17, 15) is 9.59 Å². The largest absolute Gasteiger partial charge is 0.466 e. The van der Waals surface area contributed by atoms with Crippen molar-refractivity contribution in [3.05, 3.63) is 40.3 Å². The molecular formula is C19H23ClN2O4. The van der Waals surface area contributed by atoms with Crippen molar-refractivity contribution in [1.29, 1.82) is 0 Å². The number of allylic oxidation sites excluding steroid dienone is 1. The molecule has 0 unspecified atom stereocenters. The molecule has 1 aromatic heterocycles. The number of ether oxygens (including phenoxy) is 2. The number of halogens is 1. The van der Waals surface area contributed by atoms with Crippen LogP contribution in [0, 0.1) is 0 Å². The van der Waals surface area contributed by atoms with Crippen LogP contribution in [0.5, 0.6) is 0 Å². The zero-order valence-electron chi connectivity index (χ0n) is 15.3. The Morgan fingerprint density at radius 2 is 2.27 bits per heavy atom. The van der Waals surface area contributed by atoms with Gasteiger partial charge in [-0.3, -0.25) is 4.79 Å². The van der Waals surface area contributed by atoms with E-state index in [1.807, 2.05) is 6.92 Å². The van der Waals surface area contributed by atoms with Crippen LogP contribution in [0.3, 0.4) is 0 Å². The number of carbonyl (C=O) groups is 2. The lowest BCUT2D eigenvalue weighted by molar-refractivity contribution is -0.138. The van der Waals surface area contributed by atoms with Gasteiger partial charge in [-0.1, -0.05) is 17.7 Å². The SMILES string of the molecule is COC(=O)C1=C(C)N(C[C@@]2(C)CCCO2)C(=O)C[C@H]1c1ccc(Cl)nc1. The summed E-state index contributed by atoms with van der Waals surface area (Å²) in [5, 5.41) is 0.365. The second-order valence-corrected chi connectivity index (χ2v) is 7.43. The van der Waals surface area contributed by atoms with E-state index in [2.05, 4.69) is 4.98 Å². The molecule has 7 heteroatoms. The van der Waals surface area contributed by atoms with Crippen LogP contribution in [0.25, 0.3) is 0 Å². The number of nitrogens with zero attached hydrogens (tertiary/aromatic N) is 2. The standard InChI is InChI=1S/C19H23ClN2O4/c1-12-17(18(24)25-3)14(13-5-6-15(20)21-10-13)9-16(23)22(12)11-19(2)7-4-8-26-19/h5-6,10,14H,4,7-9,11H2,1-3H3/t14-,19+/m0/s1. The van der Waals surface area contributed by atoms with Gasteiger partial charge in [0.05, 0.1) is 24.8 Å². The molecule has 0 radical (unpaired) electrons. The summed E-state index contributed by atoms with van der Waals surface area (Å²) in [6.45, 7) is 4.93. The van der Waals surface area contributed by atoms with Gasteiger partial charge in [0.2, 0.25) is 5.91 Å². The summed E-state index contributed by atoms with van der Waals surface area (Å²) in [6.07, 6.45) is 3.65. The van der Waals surface area contributed by atoms with Crippen LogP contribution in [0.1, 0.15) is 44.6 Å². The predicted molar refractivity (Wildman–Crippen MR) is 96.6 cm³/mol. The normalized spacial score (nSPS) is 26.4. The van der Waals surface area contributed by atoms with E-state index in [1.165, 1.54) is 7.11 Å². The molecule has 3 heterocycles. The minimum atomic E-state index is -0.433. The maximum absolute atomic E-state index is 12.9. The maximum atomic E-state index is 12.9. The number of hydrogen-bond donors (Lipinski definition) is 0. The molecule has 2 aliphatic heterocycles. The third-order valence-corrected chi connectivity index (χ3v) is 5.40. The van der Waals surface area contributed by atoms with Gasteiger partial charge in [0.25, 0.3) is 0 Å². The molecule has 1 fully saturated rings. The Labute approximate surface area is 158 Å². The third kappa shape index (κ3) is 3.62. The van der Waals surface area contributed by atoms with Crippen molar-refractivity contribution >= 4 is 23.5 Å². The van der Waals surface area contributed by atoms with E-state index in [0.717, 1.165) is 18.4 Å². The van der Waals surface area contributed by atoms with Crippen molar-refractivity contribution in [3.63, 3.8) is 0 Å². The average Bonchev–Trinajstić information content (AvgIpc) is 3.05. The Hall–Kier alpha value is -1.92. The smallest absolute Gasteiger partial charge is 0.336 e. The predicted octanol–water partition coefficient (Wildman–Crippen LogP) is 3.07. The summed E-state index contributed by atoms with van der Waals surface area (Å²) in [4.78, 5) is 31.1. The number of esters is 1. The summed E-state index contributed by atoms with van der Waals surface area (Å²) in [6, 6.07) is 3.45. The minimum Gasteiger partial charge on any atom is -0.466 e. The van der Waals surface area contributed by atoms with Gasteiger partial charge in [0.15, 0.2) is 0 Å². The van der Waals surface area contributed by atoms with Crippen molar-refractivity contribution in [2.75, 3.05) is 20.3 Å². The first-order chi connectivity index (χ1) is 12.3. The van der Waals surface area contributed by atoms with Gasteiger partial charge in [-0.15, -0.1) is 0 Å². The molecule has 0 N–H and O–H groups in total. The Morgan fingerprint density at radius 3 is 2.85 bits per heavy atom. The quantitative estimate of drug-likeness (QED) is 0.595. The lowest BCUT2D eigenvalue weighted by Crippen LogP contribution is -2.46. The molecule has 1 saturated heterocycles. The molecule has 0 bridgehead atoms. The summed E-state index contributed by atoms with van der Waals surface area (Å²) < 4.78 is 10.8. The average molecular weight is 379 g/mol. The van der Waals surface area contributed by atoms with Crippen molar-refractivity contribution in [2.45, 2.75) is 44.6 Å². The van der Waals surface area contributed by atoms with Gasteiger partial charge < -0.3 is 14.4 Å². The van der Waals surface area contributed by atoms with Gasteiger partial charge in [0, 0.05) is 30.8 Å². The number of aromatic nitrogens is 1. The first-order valence-electron chi connectivity index (χ1n) is 8.69. The third-order valence-electron chi connectivity index (χ3n) is 5.17. The fraction of sp³-hybridized carbons (Fsp3) is 0.526. The highest BCUT2D eigenvalue weighted by Crippen LogP contribution is 2.38. The molecule has 0 saturated carbocycles. The Bertz CT molecular complexity index is 738. The molecule has 140 valence electrons. The van der Waals surface area contributed by atoms with Crippen LogP contribution in [0.15, 0.2) is 29.6 Å². The zero-order valence-corrected chi connectivity index (χ0v) is 16.0. The molecule has 2 atom stereocenters. The zero-order chi connectivity index (χ0) is 18.9. The molecule has 6 nitrogen and oxygen atoms in total. The van der Waals surface area contributed by atoms with Crippen LogP contribution in [0.4, 0.5) is 0 Å². The second-order valence-electron chi connectivity index (χ2n) is 7.04. The Kier molecular flexibility index (Phi) is 5.34. The van der Waals surface area contributed by atoms with Crippen molar-refractivity contribution in [3.8, 4) is 0 Å². The summed E-state index contributed by atoms with van der Waals surface area (Å²) in [7, 11) is 1.35. The molecule has 3 rings (SSSR count). The first kappa shape index (κ1) is 18.9. The number of carbonyl (C=O) groups excluding carboxylic acids is 2. The van der Waals surface area contributed by atoms with Gasteiger partial charge >= 0.3 is 5.97 Å². The number of pyridine rings is 1. The maximum Gasteiger partial charge on any atom is 0.336 e. The highest BCUT2D eigenvalue weighted by Gasteiger charge is 2.41. The fourth-order valence-electron chi connectivity index (χ4n) is 3.75. The molecule has 26 heavy (non-hydrogen) atoms. The van der Waals surface area contributed by atoms with Crippen LogP contribution in [0.2, 0.25) is 5.15 Å². The summed E-state index contributed by atoms with van der Waals surface area (Å²) in [5.41, 5.74) is 1.49. The lowest BCUT2D eigenvalue weighted by Gasteiger charge is -2.38. The first-order valence-corrected chi connectivity index (χ1v) is 9.07. The van der Waals surface area contributed by atoms with E-state index < -0.39 is 11.9 Å². The molecular weight excluding hydrogens is 356 g/mol. The highest BCUT2D eigenvalue weighted by molar-refractivity contribution is 6.29. The van der Waals surface area contributed by atoms with Gasteiger partial charge in [-0.2, -0.15) is 0 Å². The van der Waals surface area contributed by atoms with E-state index in [-0.39, 0.29) is 17.9 Å². The van der Waals surface area contributed by atoms with E-state index in [0.29, 0.717) is 29.6 Å². The molecule has 2 aliphatic rings. The molecule has 1 aromatic rings. The summed E-state index contributed by atoms with van der Waals surface area (Å²) in [5.74, 6) is -0.863. The molecule has 0 aromatic carbocycles. The van der Waals surface area contributed by atoms with Gasteiger partial charge in [-0.05, 0) is 38.3 Å². The Balaban J connectivity index is 1.99. The van der Waals surface area contributed by atoms with E-state index in [4.69, 9.17) is 21.1 Å².